The third kappa shape index (κ3) is 2.31. The Balaban J connectivity index is 1.42. The van der Waals surface area contributed by atoms with Gasteiger partial charge in [0.1, 0.15) is 11.4 Å². The summed E-state index contributed by atoms with van der Waals surface area (Å²) in [6, 6.07) is 0. The van der Waals surface area contributed by atoms with Crippen molar-refractivity contribution in [2.24, 2.45) is 22.7 Å². The zero-order valence-electron chi connectivity index (χ0n) is 14.7. The second-order valence-corrected chi connectivity index (χ2v) is 9.04. The average Bonchev–Trinajstić information content (AvgIpc) is 2.52. The normalized spacial score (nSPS) is 43.9. The molecule has 1 unspecified atom stereocenters. The van der Waals surface area contributed by atoms with Crippen molar-refractivity contribution in [1.82, 2.24) is 10.2 Å². The molecule has 2 aliphatic heterocycles. The summed E-state index contributed by atoms with van der Waals surface area (Å²) in [6.45, 7) is 1.87. The number of rotatable bonds is 2. The highest BCUT2D eigenvalue weighted by Crippen LogP contribution is 2.55. The van der Waals surface area contributed by atoms with Gasteiger partial charge in [0.15, 0.2) is 0 Å². The van der Waals surface area contributed by atoms with E-state index in [9.17, 15) is 9.59 Å². The first-order valence-corrected chi connectivity index (χ1v) is 9.54. The summed E-state index contributed by atoms with van der Waals surface area (Å²) < 4.78 is 0. The number of fused-ring (bicyclic) bond motifs is 1. The number of amidine groups is 1. The second-order valence-electron chi connectivity index (χ2n) is 9.04. The van der Waals surface area contributed by atoms with E-state index >= 15 is 0 Å². The highest BCUT2D eigenvalue weighted by Gasteiger charge is 2.54. The third-order valence-corrected chi connectivity index (χ3v) is 7.01. The lowest BCUT2D eigenvalue weighted by atomic mass is 9.53. The molecule has 0 aromatic carbocycles. The maximum absolute atomic E-state index is 13.4. The molecule has 2 heterocycles. The van der Waals surface area contributed by atoms with Crippen LogP contribution < -0.4 is 5.32 Å². The summed E-state index contributed by atoms with van der Waals surface area (Å²) in [7, 11) is 0. The van der Waals surface area contributed by atoms with Crippen LogP contribution in [0.2, 0.25) is 0 Å². The number of nitrogens with zero attached hydrogens (tertiary/aromatic N) is 2. The Kier molecular flexibility index (Phi) is 3.10. The van der Waals surface area contributed by atoms with Crippen LogP contribution in [0.3, 0.4) is 0 Å². The van der Waals surface area contributed by atoms with E-state index in [0.717, 1.165) is 37.0 Å². The van der Waals surface area contributed by atoms with Gasteiger partial charge in [-0.3, -0.25) is 9.59 Å². The standard InChI is InChI=1S/C20H25N3O2/c1-19(12-17(24)21-16-4-2-3-5-23(16)19)18(25)22-20-9-13-6-14(10-20)8-15(7-13)11-20/h2-5,13-15H,6-12H2,1H3,(H,22,25). The molecule has 0 spiro atoms. The van der Waals surface area contributed by atoms with Gasteiger partial charge >= 0.3 is 0 Å². The molecule has 5 nitrogen and oxygen atoms in total. The Hall–Kier alpha value is -1.91. The minimum Gasteiger partial charge on any atom is -0.349 e. The number of carbonyl (C=O) groups is 2. The molecule has 2 amide bonds. The second kappa shape index (κ2) is 5.05. The third-order valence-electron chi connectivity index (χ3n) is 7.01. The van der Waals surface area contributed by atoms with Crippen LogP contribution >= 0.6 is 0 Å². The topological polar surface area (TPSA) is 61.8 Å². The first-order valence-electron chi connectivity index (χ1n) is 9.54. The van der Waals surface area contributed by atoms with Crippen molar-refractivity contribution in [2.45, 2.75) is 62.9 Å². The number of carbonyl (C=O) groups excluding carboxylic acids is 2. The van der Waals surface area contributed by atoms with Gasteiger partial charge in [-0.15, -0.1) is 0 Å². The highest BCUT2D eigenvalue weighted by atomic mass is 16.2. The Morgan fingerprint density at radius 2 is 1.80 bits per heavy atom. The van der Waals surface area contributed by atoms with Gasteiger partial charge in [0.2, 0.25) is 5.91 Å². The molecule has 132 valence electrons. The first kappa shape index (κ1) is 15.4. The zero-order chi connectivity index (χ0) is 17.2. The van der Waals surface area contributed by atoms with Crippen LogP contribution in [0.25, 0.3) is 0 Å². The summed E-state index contributed by atoms with van der Waals surface area (Å²) in [5, 5.41) is 3.44. The summed E-state index contributed by atoms with van der Waals surface area (Å²) in [5.74, 6) is 2.68. The van der Waals surface area contributed by atoms with Gasteiger partial charge in [-0.1, -0.05) is 6.08 Å². The molecule has 5 heteroatoms. The van der Waals surface area contributed by atoms with Gasteiger partial charge in [-0.25, -0.2) is 0 Å². The van der Waals surface area contributed by atoms with Crippen LogP contribution in [0.15, 0.2) is 29.4 Å². The Morgan fingerprint density at radius 1 is 1.16 bits per heavy atom. The van der Waals surface area contributed by atoms with E-state index in [0.29, 0.717) is 5.84 Å². The molecule has 0 aromatic heterocycles. The number of hydrogen-bond acceptors (Lipinski definition) is 3. The van der Waals surface area contributed by atoms with Crippen molar-refractivity contribution in [3.63, 3.8) is 0 Å². The fourth-order valence-corrected chi connectivity index (χ4v) is 6.32. The zero-order valence-corrected chi connectivity index (χ0v) is 14.7. The minimum atomic E-state index is -0.890. The van der Waals surface area contributed by atoms with Gasteiger partial charge in [0.25, 0.3) is 5.91 Å². The number of aliphatic imine (C=N–C) groups is 1. The molecule has 0 radical (unpaired) electrons. The van der Waals surface area contributed by atoms with E-state index in [1.54, 1.807) is 6.08 Å². The van der Waals surface area contributed by atoms with E-state index in [1.165, 1.54) is 19.3 Å². The maximum atomic E-state index is 13.4. The van der Waals surface area contributed by atoms with Crippen LogP contribution in [0.1, 0.15) is 51.9 Å². The first-order chi connectivity index (χ1) is 12.0. The molecule has 25 heavy (non-hydrogen) atoms. The summed E-state index contributed by atoms with van der Waals surface area (Å²) in [4.78, 5) is 31.5. The molecular weight excluding hydrogens is 314 g/mol. The lowest BCUT2D eigenvalue weighted by molar-refractivity contribution is -0.139. The van der Waals surface area contributed by atoms with Crippen molar-refractivity contribution in [1.29, 1.82) is 0 Å². The number of nitrogens with one attached hydrogen (secondary N) is 1. The summed E-state index contributed by atoms with van der Waals surface area (Å²) in [6.07, 6.45) is 14.9. The van der Waals surface area contributed by atoms with E-state index in [1.807, 2.05) is 30.2 Å². The van der Waals surface area contributed by atoms with E-state index in [2.05, 4.69) is 10.3 Å². The molecule has 1 atom stereocenters. The fraction of sp³-hybridized carbons (Fsp3) is 0.650. The van der Waals surface area contributed by atoms with Gasteiger partial charge in [0, 0.05) is 11.7 Å². The predicted molar refractivity (Wildman–Crippen MR) is 94.6 cm³/mol. The molecule has 4 saturated carbocycles. The summed E-state index contributed by atoms with van der Waals surface area (Å²) in [5.41, 5.74) is -0.930. The molecule has 4 bridgehead atoms. The molecule has 0 saturated heterocycles. The van der Waals surface area contributed by atoms with Gasteiger partial charge in [-0.2, -0.15) is 4.99 Å². The molecular formula is C20H25N3O2. The molecule has 6 aliphatic rings. The van der Waals surface area contributed by atoms with Gasteiger partial charge in [0.05, 0.1) is 6.42 Å². The largest absolute Gasteiger partial charge is 0.349 e. The van der Waals surface area contributed by atoms with Crippen LogP contribution in [-0.2, 0) is 9.59 Å². The van der Waals surface area contributed by atoms with Crippen LogP contribution in [-0.4, -0.2) is 33.6 Å². The monoisotopic (exact) mass is 339 g/mol. The van der Waals surface area contributed by atoms with Crippen LogP contribution in [0.5, 0.6) is 0 Å². The van der Waals surface area contributed by atoms with Crippen molar-refractivity contribution in [3.05, 3.63) is 24.4 Å². The number of amides is 2. The van der Waals surface area contributed by atoms with Crippen LogP contribution in [0, 0.1) is 17.8 Å². The SMILES string of the molecule is CC1(C(=O)NC23CC4CC(CC(C4)C2)C3)CC(=O)N=C2C=CC=CN21. The van der Waals surface area contributed by atoms with Crippen molar-refractivity contribution < 1.29 is 9.59 Å². The molecule has 6 rings (SSSR count). The quantitative estimate of drug-likeness (QED) is 0.841. The smallest absolute Gasteiger partial charge is 0.250 e. The van der Waals surface area contributed by atoms with Crippen LogP contribution in [0.4, 0.5) is 0 Å². The Labute approximate surface area is 148 Å². The lowest BCUT2D eigenvalue weighted by Crippen LogP contribution is -2.67. The molecule has 1 N–H and O–H groups in total. The highest BCUT2D eigenvalue weighted by molar-refractivity contribution is 6.09. The van der Waals surface area contributed by atoms with E-state index < -0.39 is 5.54 Å². The van der Waals surface area contributed by atoms with Crippen molar-refractivity contribution in [3.8, 4) is 0 Å². The van der Waals surface area contributed by atoms with E-state index in [-0.39, 0.29) is 23.8 Å². The van der Waals surface area contributed by atoms with Crippen molar-refractivity contribution in [2.75, 3.05) is 0 Å². The average molecular weight is 339 g/mol. The van der Waals surface area contributed by atoms with Gasteiger partial charge in [-0.05, 0) is 75.4 Å². The minimum absolute atomic E-state index is 0.0184. The lowest BCUT2D eigenvalue weighted by Gasteiger charge is -2.57. The molecule has 4 fully saturated rings. The molecule has 0 aromatic rings. The van der Waals surface area contributed by atoms with Gasteiger partial charge < -0.3 is 10.2 Å². The Morgan fingerprint density at radius 3 is 2.44 bits per heavy atom. The molecule has 4 aliphatic carbocycles. The summed E-state index contributed by atoms with van der Waals surface area (Å²) >= 11 is 0. The number of hydrogen-bond donors (Lipinski definition) is 1. The Bertz CT molecular complexity index is 700. The van der Waals surface area contributed by atoms with E-state index in [4.69, 9.17) is 0 Å². The predicted octanol–water partition coefficient (Wildman–Crippen LogP) is 2.54. The van der Waals surface area contributed by atoms with Crippen molar-refractivity contribution >= 4 is 17.6 Å². The fourth-order valence-electron chi connectivity index (χ4n) is 6.32. The maximum Gasteiger partial charge on any atom is 0.250 e. The number of allylic oxidation sites excluding steroid dienone is 2.